The molecule has 0 saturated carbocycles. The molecule has 110 valence electrons. The first-order valence-corrected chi connectivity index (χ1v) is 7.44. The van der Waals surface area contributed by atoms with Gasteiger partial charge in [0.05, 0.1) is 0 Å². The second-order valence-electron chi connectivity index (χ2n) is 6.64. The van der Waals surface area contributed by atoms with Crippen LogP contribution in [0.2, 0.25) is 0 Å². The molecular formula is C18H20FNO. The lowest BCUT2D eigenvalue weighted by Crippen LogP contribution is -2.43. The van der Waals surface area contributed by atoms with Crippen molar-refractivity contribution in [1.29, 1.82) is 0 Å². The Morgan fingerprint density at radius 2 is 1.86 bits per heavy atom. The molecule has 21 heavy (non-hydrogen) atoms. The Kier molecular flexibility index (Phi) is 3.44. The number of carbonyl (C=O) groups excluding carboxylic acids is 1. The first-order chi connectivity index (χ1) is 9.98. The Bertz CT molecular complexity index is 693. The lowest BCUT2D eigenvalue weighted by molar-refractivity contribution is 0.0585. The third-order valence-corrected chi connectivity index (χ3v) is 4.29. The van der Waals surface area contributed by atoms with Crippen molar-refractivity contribution in [1.82, 2.24) is 4.90 Å². The predicted octanol–water partition coefficient (Wildman–Crippen LogP) is 4.24. The number of benzene rings is 2. The molecule has 0 aliphatic carbocycles. The summed E-state index contributed by atoms with van der Waals surface area (Å²) in [6, 6.07) is 10.2. The van der Waals surface area contributed by atoms with E-state index in [-0.39, 0.29) is 17.1 Å². The van der Waals surface area contributed by atoms with E-state index >= 15 is 0 Å². The third kappa shape index (κ3) is 2.65. The number of fused-ring (bicyclic) bond motifs is 1. The molecule has 1 heterocycles. The van der Waals surface area contributed by atoms with Gasteiger partial charge < -0.3 is 4.90 Å². The fourth-order valence-corrected chi connectivity index (χ4v) is 3.22. The van der Waals surface area contributed by atoms with E-state index < -0.39 is 0 Å². The Labute approximate surface area is 124 Å². The monoisotopic (exact) mass is 285 g/mol. The number of nitrogens with zero attached hydrogens (tertiary/aromatic N) is 1. The smallest absolute Gasteiger partial charge is 0.254 e. The van der Waals surface area contributed by atoms with Crippen LogP contribution in [-0.4, -0.2) is 23.9 Å². The normalized spacial score (nSPS) is 18.0. The van der Waals surface area contributed by atoms with Gasteiger partial charge in [-0.1, -0.05) is 38.1 Å². The average Bonchev–Trinajstić information content (AvgIpc) is 2.46. The van der Waals surface area contributed by atoms with Crippen molar-refractivity contribution in [3.8, 4) is 0 Å². The van der Waals surface area contributed by atoms with Crippen molar-refractivity contribution >= 4 is 16.7 Å². The van der Waals surface area contributed by atoms with Crippen LogP contribution in [0.25, 0.3) is 10.8 Å². The zero-order valence-corrected chi connectivity index (χ0v) is 12.5. The van der Waals surface area contributed by atoms with Crippen LogP contribution in [0, 0.1) is 11.2 Å². The number of hydrogen-bond acceptors (Lipinski definition) is 1. The average molecular weight is 285 g/mol. The molecule has 0 spiro atoms. The first kappa shape index (κ1) is 14.1. The van der Waals surface area contributed by atoms with Gasteiger partial charge in [-0.05, 0) is 35.8 Å². The molecule has 1 saturated heterocycles. The Morgan fingerprint density at radius 3 is 2.57 bits per heavy atom. The van der Waals surface area contributed by atoms with Crippen LogP contribution in [0.1, 0.15) is 37.0 Å². The largest absolute Gasteiger partial charge is 0.338 e. The number of rotatable bonds is 1. The van der Waals surface area contributed by atoms with Gasteiger partial charge in [0.15, 0.2) is 0 Å². The molecule has 2 aromatic rings. The molecule has 0 unspecified atom stereocenters. The van der Waals surface area contributed by atoms with Crippen molar-refractivity contribution in [2.45, 2.75) is 26.7 Å². The summed E-state index contributed by atoms with van der Waals surface area (Å²) in [7, 11) is 0. The molecule has 3 rings (SSSR count). The lowest BCUT2D eigenvalue weighted by atomic mass is 9.84. The maximum atomic E-state index is 13.9. The van der Waals surface area contributed by atoms with E-state index in [4.69, 9.17) is 0 Å². The summed E-state index contributed by atoms with van der Waals surface area (Å²) in [5.41, 5.74) is 0.758. The number of amides is 1. The van der Waals surface area contributed by atoms with E-state index in [0.717, 1.165) is 25.9 Å². The van der Waals surface area contributed by atoms with Gasteiger partial charge in [0.2, 0.25) is 0 Å². The van der Waals surface area contributed by atoms with Crippen molar-refractivity contribution in [3.05, 3.63) is 47.8 Å². The van der Waals surface area contributed by atoms with E-state index in [2.05, 4.69) is 13.8 Å². The van der Waals surface area contributed by atoms with Gasteiger partial charge in [0.25, 0.3) is 5.91 Å². The molecule has 1 aliphatic rings. The van der Waals surface area contributed by atoms with E-state index in [1.54, 1.807) is 18.2 Å². The van der Waals surface area contributed by atoms with Gasteiger partial charge in [0, 0.05) is 24.0 Å². The first-order valence-electron chi connectivity index (χ1n) is 7.44. The SMILES string of the molecule is CC1(C)CCCN(C(=O)c2ccc(F)c3ccccc23)C1. The molecule has 0 atom stereocenters. The Balaban J connectivity index is 2.01. The minimum Gasteiger partial charge on any atom is -0.338 e. The summed E-state index contributed by atoms with van der Waals surface area (Å²) in [6.45, 7) is 5.93. The van der Waals surface area contributed by atoms with Crippen LogP contribution in [0.15, 0.2) is 36.4 Å². The highest BCUT2D eigenvalue weighted by molar-refractivity contribution is 6.07. The zero-order chi connectivity index (χ0) is 15.0. The minimum atomic E-state index is -0.277. The fraction of sp³-hybridized carbons (Fsp3) is 0.389. The summed E-state index contributed by atoms with van der Waals surface area (Å²) < 4.78 is 13.9. The van der Waals surface area contributed by atoms with Gasteiger partial charge in [0.1, 0.15) is 5.82 Å². The maximum Gasteiger partial charge on any atom is 0.254 e. The number of hydrogen-bond donors (Lipinski definition) is 0. The van der Waals surface area contributed by atoms with Crippen molar-refractivity contribution in [3.63, 3.8) is 0 Å². The third-order valence-electron chi connectivity index (χ3n) is 4.29. The van der Waals surface area contributed by atoms with Gasteiger partial charge in [-0.25, -0.2) is 4.39 Å². The van der Waals surface area contributed by atoms with Gasteiger partial charge in [-0.15, -0.1) is 0 Å². The van der Waals surface area contributed by atoms with Crippen molar-refractivity contribution in [2.75, 3.05) is 13.1 Å². The van der Waals surface area contributed by atoms with E-state index in [1.165, 1.54) is 6.07 Å². The van der Waals surface area contributed by atoms with E-state index in [0.29, 0.717) is 16.3 Å². The maximum absolute atomic E-state index is 13.9. The molecular weight excluding hydrogens is 265 g/mol. The van der Waals surface area contributed by atoms with Crippen LogP contribution < -0.4 is 0 Å². The second kappa shape index (κ2) is 5.14. The van der Waals surface area contributed by atoms with E-state index in [1.807, 2.05) is 17.0 Å². The highest BCUT2D eigenvalue weighted by atomic mass is 19.1. The molecule has 1 aliphatic heterocycles. The zero-order valence-electron chi connectivity index (χ0n) is 12.5. The van der Waals surface area contributed by atoms with Gasteiger partial charge in [-0.3, -0.25) is 4.79 Å². The lowest BCUT2D eigenvalue weighted by Gasteiger charge is -2.38. The van der Waals surface area contributed by atoms with Crippen molar-refractivity contribution < 1.29 is 9.18 Å². The summed E-state index contributed by atoms with van der Waals surface area (Å²) in [5, 5.41) is 1.21. The minimum absolute atomic E-state index is 0.0129. The topological polar surface area (TPSA) is 20.3 Å². The molecule has 3 heteroatoms. The molecule has 1 fully saturated rings. The molecule has 1 amide bonds. The number of halogens is 1. The summed E-state index contributed by atoms with van der Waals surface area (Å²) in [5.74, 6) is -0.264. The summed E-state index contributed by atoms with van der Waals surface area (Å²) in [6.07, 6.45) is 2.17. The Hall–Kier alpha value is -1.90. The molecule has 2 aromatic carbocycles. The highest BCUT2D eigenvalue weighted by Gasteiger charge is 2.30. The number of piperidine rings is 1. The molecule has 0 bridgehead atoms. The summed E-state index contributed by atoms with van der Waals surface area (Å²) in [4.78, 5) is 14.7. The van der Waals surface area contributed by atoms with Crippen LogP contribution in [0.4, 0.5) is 4.39 Å². The molecule has 0 aromatic heterocycles. The highest BCUT2D eigenvalue weighted by Crippen LogP contribution is 2.30. The fourth-order valence-electron chi connectivity index (χ4n) is 3.22. The van der Waals surface area contributed by atoms with Gasteiger partial charge in [-0.2, -0.15) is 0 Å². The molecule has 0 N–H and O–H groups in total. The van der Waals surface area contributed by atoms with Crippen LogP contribution >= 0.6 is 0 Å². The quantitative estimate of drug-likeness (QED) is 0.767. The van der Waals surface area contributed by atoms with Crippen molar-refractivity contribution in [2.24, 2.45) is 5.41 Å². The van der Waals surface area contributed by atoms with Gasteiger partial charge >= 0.3 is 0 Å². The molecule has 2 nitrogen and oxygen atoms in total. The Morgan fingerprint density at radius 1 is 1.14 bits per heavy atom. The summed E-state index contributed by atoms with van der Waals surface area (Å²) >= 11 is 0. The standard InChI is InChI=1S/C18H20FNO/c1-18(2)10-5-11-20(12-18)17(21)15-8-9-16(19)14-7-4-3-6-13(14)15/h3-4,6-9H,5,10-12H2,1-2H3. The van der Waals surface area contributed by atoms with Crippen LogP contribution in [-0.2, 0) is 0 Å². The van der Waals surface area contributed by atoms with Crippen LogP contribution in [0.5, 0.6) is 0 Å². The second-order valence-corrected chi connectivity index (χ2v) is 6.64. The number of carbonyl (C=O) groups is 1. The molecule has 0 radical (unpaired) electrons. The predicted molar refractivity (Wildman–Crippen MR) is 82.8 cm³/mol. The van der Waals surface area contributed by atoms with Crippen LogP contribution in [0.3, 0.4) is 0 Å². The van der Waals surface area contributed by atoms with E-state index in [9.17, 15) is 9.18 Å². The number of likely N-dealkylation sites (tertiary alicyclic amines) is 1.